The molecule has 0 amide bonds. The lowest BCUT2D eigenvalue weighted by Gasteiger charge is -2.13. The summed E-state index contributed by atoms with van der Waals surface area (Å²) in [6.45, 7) is 7.42. The fourth-order valence-corrected chi connectivity index (χ4v) is 3.44. The summed E-state index contributed by atoms with van der Waals surface area (Å²) >= 11 is 0. The molecule has 0 bridgehead atoms. The molecule has 0 aliphatic carbocycles. The van der Waals surface area contributed by atoms with Crippen LogP contribution in [0.3, 0.4) is 0 Å². The van der Waals surface area contributed by atoms with Gasteiger partial charge in [-0.3, -0.25) is 4.79 Å². The van der Waals surface area contributed by atoms with Crippen LogP contribution in [0.4, 0.5) is 4.39 Å². The van der Waals surface area contributed by atoms with Crippen LogP contribution >= 0.6 is 0 Å². The first-order valence-corrected chi connectivity index (χ1v) is 10.5. The van der Waals surface area contributed by atoms with Crippen LogP contribution in [0.25, 0.3) is 10.9 Å². The number of allylic oxidation sites excluding steroid dienone is 5. The zero-order valence-electron chi connectivity index (χ0n) is 18.6. The van der Waals surface area contributed by atoms with Gasteiger partial charge in [-0.15, -0.1) is 0 Å². The van der Waals surface area contributed by atoms with Gasteiger partial charge in [-0.05, 0) is 68.5 Å². The number of aliphatic imine (C=N–C) groups is 2. The van der Waals surface area contributed by atoms with Crippen molar-refractivity contribution in [3.8, 4) is 0 Å². The molecular weight excluding hydrogens is 391 g/mol. The fraction of sp³-hybridized carbons (Fsp3) is 0.320. The third-order valence-corrected chi connectivity index (χ3v) is 5.66. The first-order chi connectivity index (χ1) is 14.8. The van der Waals surface area contributed by atoms with Crippen molar-refractivity contribution >= 4 is 22.6 Å². The Kier molecular flexibility index (Phi) is 7.00. The molecule has 0 atom stereocenters. The smallest absolute Gasteiger partial charge is 0.192 e. The SMILES string of the molecule is CC/C(C)=C(F)\C=C(/C)C1=CN=C(N=C(N)Cc2[nH]c3ccccc3c(=O)c2C)CC1. The van der Waals surface area contributed by atoms with Crippen molar-refractivity contribution in [1.29, 1.82) is 0 Å². The third kappa shape index (κ3) is 5.26. The minimum atomic E-state index is -0.183. The lowest BCUT2D eigenvalue weighted by Crippen LogP contribution is -2.21. The number of nitrogens with one attached hydrogen (secondary N) is 1. The number of hydrogen-bond acceptors (Lipinski definition) is 3. The second kappa shape index (κ2) is 9.69. The van der Waals surface area contributed by atoms with Gasteiger partial charge in [0.1, 0.15) is 17.5 Å². The quantitative estimate of drug-likeness (QED) is 0.385. The van der Waals surface area contributed by atoms with E-state index in [4.69, 9.17) is 5.73 Å². The maximum atomic E-state index is 14.1. The number of nitrogens with two attached hydrogens (primary N) is 1. The predicted molar refractivity (Wildman–Crippen MR) is 127 cm³/mol. The first kappa shape index (κ1) is 22.4. The van der Waals surface area contributed by atoms with Crippen LogP contribution in [-0.2, 0) is 6.42 Å². The Morgan fingerprint density at radius 2 is 2.03 bits per heavy atom. The number of amidine groups is 2. The largest absolute Gasteiger partial charge is 0.387 e. The highest BCUT2D eigenvalue weighted by Gasteiger charge is 2.12. The first-order valence-electron chi connectivity index (χ1n) is 10.5. The van der Waals surface area contributed by atoms with E-state index in [1.165, 1.54) is 0 Å². The Balaban J connectivity index is 1.79. The molecule has 0 saturated heterocycles. The monoisotopic (exact) mass is 420 g/mol. The number of aromatic nitrogens is 1. The summed E-state index contributed by atoms with van der Waals surface area (Å²) in [4.78, 5) is 24.8. The Morgan fingerprint density at radius 3 is 2.71 bits per heavy atom. The minimum absolute atomic E-state index is 0.00147. The zero-order valence-corrected chi connectivity index (χ0v) is 18.6. The summed E-state index contributed by atoms with van der Waals surface area (Å²) in [7, 11) is 0. The Labute approximate surface area is 182 Å². The topological polar surface area (TPSA) is 83.6 Å². The number of rotatable bonds is 5. The number of halogens is 1. The van der Waals surface area contributed by atoms with Gasteiger partial charge in [0, 0.05) is 41.2 Å². The van der Waals surface area contributed by atoms with Gasteiger partial charge in [0.25, 0.3) is 0 Å². The molecule has 3 rings (SSSR count). The van der Waals surface area contributed by atoms with E-state index < -0.39 is 0 Å². The molecule has 1 aliphatic rings. The number of aromatic amines is 1. The normalized spacial score (nSPS) is 16.2. The summed E-state index contributed by atoms with van der Waals surface area (Å²) in [5.74, 6) is 0.845. The van der Waals surface area contributed by atoms with Crippen molar-refractivity contribution in [2.75, 3.05) is 0 Å². The van der Waals surface area contributed by atoms with E-state index in [0.717, 1.165) is 34.4 Å². The van der Waals surface area contributed by atoms with Crippen molar-refractivity contribution in [2.45, 2.75) is 53.4 Å². The van der Waals surface area contributed by atoms with Gasteiger partial charge in [-0.1, -0.05) is 19.1 Å². The van der Waals surface area contributed by atoms with Crippen LogP contribution in [-0.4, -0.2) is 16.7 Å². The van der Waals surface area contributed by atoms with Crippen LogP contribution in [0.1, 0.15) is 51.3 Å². The van der Waals surface area contributed by atoms with E-state index in [2.05, 4.69) is 15.0 Å². The van der Waals surface area contributed by atoms with Crippen LogP contribution in [0.5, 0.6) is 0 Å². The highest BCUT2D eigenvalue weighted by molar-refractivity contribution is 5.98. The van der Waals surface area contributed by atoms with E-state index in [-0.39, 0.29) is 11.3 Å². The van der Waals surface area contributed by atoms with E-state index in [0.29, 0.717) is 41.9 Å². The Morgan fingerprint density at radius 1 is 1.29 bits per heavy atom. The van der Waals surface area contributed by atoms with Crippen molar-refractivity contribution in [1.82, 2.24) is 4.98 Å². The predicted octanol–water partition coefficient (Wildman–Crippen LogP) is 5.41. The highest BCUT2D eigenvalue weighted by Crippen LogP contribution is 2.23. The van der Waals surface area contributed by atoms with E-state index in [1.807, 2.05) is 38.1 Å². The van der Waals surface area contributed by atoms with Crippen molar-refractivity contribution in [3.63, 3.8) is 0 Å². The molecule has 0 saturated carbocycles. The van der Waals surface area contributed by atoms with E-state index >= 15 is 0 Å². The van der Waals surface area contributed by atoms with Crippen LogP contribution in [0.15, 0.2) is 73.9 Å². The number of hydrogen-bond donors (Lipinski definition) is 2. The lowest BCUT2D eigenvalue weighted by molar-refractivity contribution is 0.646. The van der Waals surface area contributed by atoms with Crippen molar-refractivity contribution in [3.05, 3.63) is 80.6 Å². The number of H-pyrrole nitrogens is 1. The van der Waals surface area contributed by atoms with Gasteiger partial charge in [0.15, 0.2) is 5.43 Å². The summed E-state index contributed by atoms with van der Waals surface area (Å²) < 4.78 is 14.1. The molecule has 2 heterocycles. The third-order valence-electron chi connectivity index (χ3n) is 5.66. The number of pyridine rings is 1. The van der Waals surface area contributed by atoms with Crippen LogP contribution in [0, 0.1) is 6.92 Å². The number of benzene rings is 1. The molecule has 0 radical (unpaired) electrons. The Hall–Kier alpha value is -3.28. The van der Waals surface area contributed by atoms with Gasteiger partial charge in [-0.2, -0.15) is 0 Å². The molecule has 162 valence electrons. The Bertz CT molecular complexity index is 1210. The highest BCUT2D eigenvalue weighted by atomic mass is 19.1. The molecule has 2 aromatic rings. The molecule has 31 heavy (non-hydrogen) atoms. The van der Waals surface area contributed by atoms with Gasteiger partial charge in [-0.25, -0.2) is 14.4 Å². The minimum Gasteiger partial charge on any atom is -0.387 e. The van der Waals surface area contributed by atoms with Gasteiger partial charge < -0.3 is 10.7 Å². The van der Waals surface area contributed by atoms with Gasteiger partial charge in [0.2, 0.25) is 0 Å². The summed E-state index contributed by atoms with van der Waals surface area (Å²) in [6.07, 6.45) is 5.69. The second-order valence-electron chi connectivity index (χ2n) is 7.89. The van der Waals surface area contributed by atoms with Gasteiger partial charge >= 0.3 is 0 Å². The summed E-state index contributed by atoms with van der Waals surface area (Å²) in [5, 5.41) is 0.664. The van der Waals surface area contributed by atoms with Gasteiger partial charge in [0.05, 0.1) is 0 Å². The molecule has 0 spiro atoms. The molecule has 5 nitrogen and oxygen atoms in total. The molecule has 1 aromatic carbocycles. The summed E-state index contributed by atoms with van der Waals surface area (Å²) in [6, 6.07) is 7.42. The summed E-state index contributed by atoms with van der Waals surface area (Å²) in [5.41, 5.74) is 10.9. The number of nitrogens with zero attached hydrogens (tertiary/aromatic N) is 2. The second-order valence-corrected chi connectivity index (χ2v) is 7.89. The zero-order chi connectivity index (χ0) is 22.5. The number of fused-ring (bicyclic) bond motifs is 1. The maximum Gasteiger partial charge on any atom is 0.192 e. The van der Waals surface area contributed by atoms with Crippen molar-refractivity contribution < 1.29 is 4.39 Å². The molecule has 1 aliphatic heterocycles. The van der Waals surface area contributed by atoms with E-state index in [1.54, 1.807) is 26.1 Å². The lowest BCUT2D eigenvalue weighted by atomic mass is 10.00. The molecule has 6 heteroatoms. The van der Waals surface area contributed by atoms with E-state index in [9.17, 15) is 9.18 Å². The van der Waals surface area contributed by atoms with Crippen LogP contribution < -0.4 is 11.2 Å². The standard InChI is InChI=1S/C25H29FN4O/c1-5-15(2)20(26)12-16(3)18-10-11-24(28-14-18)30-23(27)13-22-17(4)25(31)19-8-6-7-9-21(19)29-22/h6-9,12,14H,5,10-11,13H2,1-4H3,(H,29,31)(H2,27,28,30)/b16-12+,20-15+. The molecular formula is C25H29FN4O. The molecule has 1 aromatic heterocycles. The molecule has 0 unspecified atom stereocenters. The van der Waals surface area contributed by atoms with Crippen molar-refractivity contribution in [2.24, 2.45) is 15.7 Å². The molecule has 3 N–H and O–H groups in total. The number of para-hydroxylation sites is 1. The average Bonchev–Trinajstić information content (AvgIpc) is 2.77. The maximum absolute atomic E-state index is 14.1. The molecule has 0 fully saturated rings. The fourth-order valence-electron chi connectivity index (χ4n) is 3.44. The van der Waals surface area contributed by atoms with Crippen LogP contribution in [0.2, 0.25) is 0 Å². The average molecular weight is 421 g/mol.